The summed E-state index contributed by atoms with van der Waals surface area (Å²) in [6.45, 7) is 1.48. The smallest absolute Gasteiger partial charge is 0.221 e. The molecule has 5 heteroatoms. The zero-order chi connectivity index (χ0) is 12.8. The molecule has 1 aromatic carbocycles. The topological polar surface area (TPSA) is 74.2 Å². The standard InChI is InChI=1S/C13H15N3O2/c14-5-6-18-12-3-1-10(2-4-12)8-15-11-7-13(17)16-9-11/h1-4,11,15H,6-9H2,(H,16,17). The second-order valence-electron chi connectivity index (χ2n) is 4.18. The molecular weight excluding hydrogens is 230 g/mol. The van der Waals surface area contributed by atoms with Crippen LogP contribution in [0.3, 0.4) is 0 Å². The lowest BCUT2D eigenvalue weighted by molar-refractivity contribution is -0.119. The van der Waals surface area contributed by atoms with Crippen molar-refractivity contribution in [2.45, 2.75) is 19.0 Å². The Morgan fingerprint density at radius 3 is 2.83 bits per heavy atom. The number of rotatable bonds is 5. The minimum absolute atomic E-state index is 0.0629. The normalized spacial score (nSPS) is 18.2. The molecule has 2 N–H and O–H groups in total. The second kappa shape index (κ2) is 6.03. The third-order valence-electron chi connectivity index (χ3n) is 2.80. The van der Waals surface area contributed by atoms with Gasteiger partial charge in [-0.05, 0) is 17.7 Å². The summed E-state index contributed by atoms with van der Waals surface area (Å²) in [5.74, 6) is 0.797. The maximum Gasteiger partial charge on any atom is 0.221 e. The van der Waals surface area contributed by atoms with Crippen LogP contribution in [0.4, 0.5) is 0 Å². The Balaban J connectivity index is 1.79. The average molecular weight is 245 g/mol. The summed E-state index contributed by atoms with van der Waals surface area (Å²) in [6, 6.07) is 9.71. The van der Waals surface area contributed by atoms with Crippen LogP contribution >= 0.6 is 0 Å². The van der Waals surface area contributed by atoms with Gasteiger partial charge in [0, 0.05) is 25.6 Å². The van der Waals surface area contributed by atoms with Crippen molar-refractivity contribution in [2.75, 3.05) is 13.2 Å². The van der Waals surface area contributed by atoms with Gasteiger partial charge in [-0.1, -0.05) is 12.1 Å². The number of hydrogen-bond donors (Lipinski definition) is 2. The van der Waals surface area contributed by atoms with Crippen molar-refractivity contribution in [3.8, 4) is 11.8 Å². The first-order valence-corrected chi connectivity index (χ1v) is 5.86. The van der Waals surface area contributed by atoms with Gasteiger partial charge in [0.05, 0.1) is 0 Å². The molecule has 0 saturated carbocycles. The minimum atomic E-state index is 0.0629. The van der Waals surface area contributed by atoms with Crippen molar-refractivity contribution >= 4 is 5.91 Å². The molecule has 0 bridgehead atoms. The highest BCUT2D eigenvalue weighted by Gasteiger charge is 2.20. The van der Waals surface area contributed by atoms with Crippen LogP contribution in [0.15, 0.2) is 24.3 Å². The molecule has 1 aliphatic heterocycles. The minimum Gasteiger partial charge on any atom is -0.479 e. The third-order valence-corrected chi connectivity index (χ3v) is 2.80. The molecule has 1 heterocycles. The van der Waals surface area contributed by atoms with Gasteiger partial charge >= 0.3 is 0 Å². The highest BCUT2D eigenvalue weighted by atomic mass is 16.5. The van der Waals surface area contributed by atoms with E-state index in [1.807, 2.05) is 30.3 Å². The van der Waals surface area contributed by atoms with Crippen LogP contribution in [-0.4, -0.2) is 25.1 Å². The van der Waals surface area contributed by atoms with E-state index >= 15 is 0 Å². The maximum absolute atomic E-state index is 11.0. The number of benzene rings is 1. The van der Waals surface area contributed by atoms with E-state index in [4.69, 9.17) is 10.00 Å². The van der Waals surface area contributed by atoms with E-state index in [2.05, 4.69) is 10.6 Å². The molecule has 0 aliphatic carbocycles. The van der Waals surface area contributed by atoms with Crippen LogP contribution in [-0.2, 0) is 11.3 Å². The molecule has 1 amide bonds. The summed E-state index contributed by atoms with van der Waals surface area (Å²) >= 11 is 0. The van der Waals surface area contributed by atoms with Gasteiger partial charge in [-0.15, -0.1) is 0 Å². The van der Waals surface area contributed by atoms with Gasteiger partial charge < -0.3 is 15.4 Å². The zero-order valence-electron chi connectivity index (χ0n) is 9.98. The zero-order valence-corrected chi connectivity index (χ0v) is 9.98. The van der Waals surface area contributed by atoms with E-state index in [0.29, 0.717) is 18.7 Å². The van der Waals surface area contributed by atoms with Crippen molar-refractivity contribution in [1.82, 2.24) is 10.6 Å². The van der Waals surface area contributed by atoms with E-state index < -0.39 is 0 Å². The summed E-state index contributed by atoms with van der Waals surface area (Å²) in [7, 11) is 0. The first-order chi connectivity index (χ1) is 8.78. The number of nitriles is 1. The fourth-order valence-corrected chi connectivity index (χ4v) is 1.83. The lowest BCUT2D eigenvalue weighted by Gasteiger charge is -2.10. The molecule has 94 valence electrons. The number of hydrogen-bond acceptors (Lipinski definition) is 4. The van der Waals surface area contributed by atoms with Crippen molar-refractivity contribution in [2.24, 2.45) is 0 Å². The molecule has 1 aromatic rings. The summed E-state index contributed by atoms with van der Waals surface area (Å²) in [5.41, 5.74) is 1.12. The molecule has 0 spiro atoms. The van der Waals surface area contributed by atoms with E-state index in [9.17, 15) is 4.79 Å². The van der Waals surface area contributed by atoms with Crippen LogP contribution in [0, 0.1) is 11.3 Å². The SMILES string of the molecule is N#CCOc1ccc(CNC2CNC(=O)C2)cc1. The first-order valence-electron chi connectivity index (χ1n) is 5.86. The predicted octanol–water partition coefficient (Wildman–Crippen LogP) is 0.567. The molecule has 1 saturated heterocycles. The molecule has 2 rings (SSSR count). The van der Waals surface area contributed by atoms with E-state index in [0.717, 1.165) is 12.1 Å². The Bertz CT molecular complexity index is 450. The number of carbonyl (C=O) groups excluding carboxylic acids is 1. The van der Waals surface area contributed by atoms with E-state index in [1.54, 1.807) is 0 Å². The molecule has 0 radical (unpaired) electrons. The van der Waals surface area contributed by atoms with E-state index in [1.165, 1.54) is 0 Å². The molecule has 0 aromatic heterocycles. The summed E-state index contributed by atoms with van der Waals surface area (Å²) in [5, 5.41) is 14.5. The predicted molar refractivity (Wildman–Crippen MR) is 65.8 cm³/mol. The first kappa shape index (κ1) is 12.4. The van der Waals surface area contributed by atoms with Gasteiger partial charge in [0.2, 0.25) is 5.91 Å². The van der Waals surface area contributed by atoms with Crippen LogP contribution in [0.2, 0.25) is 0 Å². The number of nitrogens with zero attached hydrogens (tertiary/aromatic N) is 1. The quantitative estimate of drug-likeness (QED) is 0.795. The lowest BCUT2D eigenvalue weighted by atomic mass is 10.2. The van der Waals surface area contributed by atoms with E-state index in [-0.39, 0.29) is 18.6 Å². The average Bonchev–Trinajstić information content (AvgIpc) is 2.81. The maximum atomic E-state index is 11.0. The Labute approximate surface area is 106 Å². The summed E-state index contributed by atoms with van der Waals surface area (Å²) < 4.78 is 5.17. The van der Waals surface area contributed by atoms with Gasteiger partial charge in [-0.2, -0.15) is 5.26 Å². The molecule has 18 heavy (non-hydrogen) atoms. The van der Waals surface area contributed by atoms with Gasteiger partial charge in [0.15, 0.2) is 6.61 Å². The lowest BCUT2D eigenvalue weighted by Crippen LogP contribution is -2.30. The number of nitrogens with one attached hydrogen (secondary N) is 2. The number of carbonyl (C=O) groups is 1. The van der Waals surface area contributed by atoms with Crippen molar-refractivity contribution < 1.29 is 9.53 Å². The van der Waals surface area contributed by atoms with Crippen molar-refractivity contribution in [1.29, 1.82) is 5.26 Å². The van der Waals surface area contributed by atoms with Gasteiger partial charge in [-0.3, -0.25) is 4.79 Å². The van der Waals surface area contributed by atoms with Gasteiger partial charge in [0.25, 0.3) is 0 Å². The Morgan fingerprint density at radius 1 is 1.44 bits per heavy atom. The van der Waals surface area contributed by atoms with Crippen LogP contribution < -0.4 is 15.4 Å². The highest BCUT2D eigenvalue weighted by Crippen LogP contribution is 2.12. The summed E-state index contributed by atoms with van der Waals surface area (Å²) in [4.78, 5) is 11.0. The molecule has 1 aliphatic rings. The Kier molecular flexibility index (Phi) is 4.15. The van der Waals surface area contributed by atoms with Crippen LogP contribution in [0.5, 0.6) is 5.75 Å². The Hall–Kier alpha value is -2.06. The van der Waals surface area contributed by atoms with Gasteiger partial charge in [-0.25, -0.2) is 0 Å². The molecule has 1 unspecified atom stereocenters. The molecule has 5 nitrogen and oxygen atoms in total. The monoisotopic (exact) mass is 245 g/mol. The third kappa shape index (κ3) is 3.47. The molecule has 1 fully saturated rings. The Morgan fingerprint density at radius 2 is 2.22 bits per heavy atom. The molecular formula is C13H15N3O2. The second-order valence-corrected chi connectivity index (χ2v) is 4.18. The fourth-order valence-electron chi connectivity index (χ4n) is 1.83. The largest absolute Gasteiger partial charge is 0.479 e. The van der Waals surface area contributed by atoms with Crippen molar-refractivity contribution in [3.05, 3.63) is 29.8 Å². The van der Waals surface area contributed by atoms with Gasteiger partial charge in [0.1, 0.15) is 11.8 Å². The number of amides is 1. The summed E-state index contributed by atoms with van der Waals surface area (Å²) in [6.07, 6.45) is 0.545. The van der Waals surface area contributed by atoms with Crippen LogP contribution in [0.1, 0.15) is 12.0 Å². The van der Waals surface area contributed by atoms with Crippen molar-refractivity contribution in [3.63, 3.8) is 0 Å². The highest BCUT2D eigenvalue weighted by molar-refractivity contribution is 5.78. The van der Waals surface area contributed by atoms with Crippen LogP contribution in [0.25, 0.3) is 0 Å². The molecule has 1 atom stereocenters. The number of ether oxygens (including phenoxy) is 1. The fraction of sp³-hybridized carbons (Fsp3) is 0.385.